The number of pyridine rings is 1. The van der Waals surface area contributed by atoms with Gasteiger partial charge in [-0.2, -0.15) is 13.2 Å². The average molecular weight is 526 g/mol. The lowest BCUT2D eigenvalue weighted by Crippen LogP contribution is -2.25. The average Bonchev–Trinajstić information content (AvgIpc) is 3.33. The largest absolute Gasteiger partial charge is 0.433 e. The molecule has 3 heterocycles. The van der Waals surface area contributed by atoms with Crippen LogP contribution in [0.3, 0.4) is 0 Å². The monoisotopic (exact) mass is 525 g/mol. The van der Waals surface area contributed by atoms with Gasteiger partial charge >= 0.3 is 6.18 Å². The van der Waals surface area contributed by atoms with Crippen molar-refractivity contribution in [3.63, 3.8) is 0 Å². The van der Waals surface area contributed by atoms with Gasteiger partial charge in [0.05, 0.1) is 6.54 Å². The van der Waals surface area contributed by atoms with Crippen LogP contribution in [0.25, 0.3) is 11.5 Å². The third kappa shape index (κ3) is 6.68. The molecule has 0 unspecified atom stereocenters. The van der Waals surface area contributed by atoms with Crippen LogP contribution in [0.4, 0.5) is 18.9 Å². The molecule has 0 spiro atoms. The SMILES string of the molecule is CNCCCn1c(CNc2cccc(C(=O)NCc3cccnc3C(F)(F)F)c2)nnc1-c1ccncn1. The lowest BCUT2D eigenvalue weighted by Gasteiger charge is -2.13. The number of hydrogen-bond acceptors (Lipinski definition) is 8. The van der Waals surface area contributed by atoms with Crippen molar-refractivity contribution in [3.8, 4) is 11.5 Å². The van der Waals surface area contributed by atoms with E-state index in [1.165, 1.54) is 18.5 Å². The van der Waals surface area contributed by atoms with Gasteiger partial charge in [-0.05, 0) is 50.3 Å². The fourth-order valence-corrected chi connectivity index (χ4v) is 3.79. The highest BCUT2D eigenvalue weighted by molar-refractivity contribution is 5.95. The number of nitrogens with zero attached hydrogens (tertiary/aromatic N) is 6. The van der Waals surface area contributed by atoms with E-state index in [-0.39, 0.29) is 12.1 Å². The van der Waals surface area contributed by atoms with Gasteiger partial charge in [0.15, 0.2) is 11.6 Å². The number of hydrogen-bond donors (Lipinski definition) is 3. The number of nitrogens with one attached hydrogen (secondary N) is 3. The molecule has 198 valence electrons. The minimum atomic E-state index is -4.61. The lowest BCUT2D eigenvalue weighted by atomic mass is 10.1. The molecule has 4 aromatic rings. The first-order chi connectivity index (χ1) is 18.4. The molecular formula is C25H26F3N9O. The second-order valence-corrected chi connectivity index (χ2v) is 8.27. The van der Waals surface area contributed by atoms with Crippen molar-refractivity contribution in [2.45, 2.75) is 32.2 Å². The van der Waals surface area contributed by atoms with Gasteiger partial charge < -0.3 is 20.5 Å². The summed E-state index contributed by atoms with van der Waals surface area (Å²) in [6.45, 7) is 1.50. The molecule has 10 nitrogen and oxygen atoms in total. The Morgan fingerprint density at radius 1 is 1.03 bits per heavy atom. The van der Waals surface area contributed by atoms with Crippen molar-refractivity contribution < 1.29 is 18.0 Å². The van der Waals surface area contributed by atoms with E-state index in [2.05, 4.69) is 41.1 Å². The van der Waals surface area contributed by atoms with E-state index in [0.717, 1.165) is 19.2 Å². The summed E-state index contributed by atoms with van der Waals surface area (Å²) in [6, 6.07) is 11.1. The van der Waals surface area contributed by atoms with E-state index in [1.54, 1.807) is 36.5 Å². The Bertz CT molecular complexity index is 1360. The van der Waals surface area contributed by atoms with Crippen LogP contribution in [0.2, 0.25) is 0 Å². The van der Waals surface area contributed by atoms with Crippen molar-refractivity contribution >= 4 is 11.6 Å². The maximum atomic E-state index is 13.2. The quantitative estimate of drug-likeness (QED) is 0.255. The van der Waals surface area contributed by atoms with Crippen LogP contribution in [0.1, 0.15) is 33.9 Å². The second-order valence-electron chi connectivity index (χ2n) is 8.27. The number of anilines is 1. The maximum absolute atomic E-state index is 13.2. The van der Waals surface area contributed by atoms with E-state index >= 15 is 0 Å². The number of halogens is 3. The summed E-state index contributed by atoms with van der Waals surface area (Å²) in [6.07, 6.45) is 0.409. The number of amides is 1. The first kappa shape index (κ1) is 26.7. The van der Waals surface area contributed by atoms with Crippen molar-refractivity contribution in [2.24, 2.45) is 0 Å². The second kappa shape index (κ2) is 12.2. The zero-order valence-electron chi connectivity index (χ0n) is 20.5. The van der Waals surface area contributed by atoms with Gasteiger partial charge in [0.25, 0.3) is 5.91 Å². The number of carbonyl (C=O) groups is 1. The van der Waals surface area contributed by atoms with Crippen LogP contribution in [-0.2, 0) is 25.8 Å². The standard InChI is InChI=1S/C25H26F3N9O/c1-29-9-4-12-37-21(35-36-23(37)20-8-11-30-16-34-20)15-32-19-7-2-5-17(13-19)24(38)33-14-18-6-3-10-31-22(18)25(26,27)28/h2-3,5-8,10-11,13,16,29,32H,4,9,12,14-15H2,1H3,(H,33,38). The summed E-state index contributed by atoms with van der Waals surface area (Å²) >= 11 is 0. The van der Waals surface area contributed by atoms with Gasteiger partial charge in [0, 0.05) is 42.3 Å². The molecule has 3 aromatic heterocycles. The molecule has 4 rings (SSSR count). The molecule has 0 bridgehead atoms. The van der Waals surface area contributed by atoms with Gasteiger partial charge in [0.2, 0.25) is 0 Å². The van der Waals surface area contributed by atoms with E-state index in [1.807, 2.05) is 11.6 Å². The van der Waals surface area contributed by atoms with Crippen LogP contribution >= 0.6 is 0 Å². The predicted octanol–water partition coefficient (Wildman–Crippen LogP) is 3.30. The van der Waals surface area contributed by atoms with Crippen molar-refractivity contribution in [2.75, 3.05) is 18.9 Å². The molecular weight excluding hydrogens is 499 g/mol. The summed E-state index contributed by atoms with van der Waals surface area (Å²) in [5, 5.41) is 17.5. The fraction of sp³-hybridized carbons (Fsp3) is 0.280. The Labute approximate surface area is 216 Å². The zero-order chi connectivity index (χ0) is 27.0. The molecule has 0 aliphatic rings. The van der Waals surface area contributed by atoms with Crippen molar-refractivity contribution in [3.05, 3.63) is 83.8 Å². The summed E-state index contributed by atoms with van der Waals surface area (Å²) in [4.78, 5) is 24.3. The Morgan fingerprint density at radius 2 is 1.89 bits per heavy atom. The minimum absolute atomic E-state index is 0.111. The first-order valence-corrected chi connectivity index (χ1v) is 11.8. The predicted molar refractivity (Wildman–Crippen MR) is 134 cm³/mol. The van der Waals surface area contributed by atoms with Crippen molar-refractivity contribution in [1.82, 2.24) is 40.3 Å². The molecule has 38 heavy (non-hydrogen) atoms. The van der Waals surface area contributed by atoms with Gasteiger partial charge in [-0.25, -0.2) is 9.97 Å². The molecule has 0 saturated carbocycles. The highest BCUT2D eigenvalue weighted by atomic mass is 19.4. The highest BCUT2D eigenvalue weighted by Crippen LogP contribution is 2.30. The number of aromatic nitrogens is 6. The smallest absolute Gasteiger partial charge is 0.378 e. The van der Waals surface area contributed by atoms with Crippen molar-refractivity contribution in [1.29, 1.82) is 0 Å². The molecule has 0 atom stereocenters. The van der Waals surface area contributed by atoms with Gasteiger partial charge in [-0.1, -0.05) is 12.1 Å². The third-order valence-corrected chi connectivity index (χ3v) is 5.62. The molecule has 13 heteroatoms. The Kier molecular flexibility index (Phi) is 8.58. The maximum Gasteiger partial charge on any atom is 0.433 e. The van der Waals surface area contributed by atoms with Crippen LogP contribution in [0.15, 0.2) is 61.2 Å². The number of rotatable bonds is 11. The molecule has 3 N–H and O–H groups in total. The van der Waals surface area contributed by atoms with E-state index in [9.17, 15) is 18.0 Å². The molecule has 0 fully saturated rings. The Balaban J connectivity index is 1.44. The van der Waals surface area contributed by atoms with Gasteiger partial charge in [-0.3, -0.25) is 9.78 Å². The number of benzene rings is 1. The van der Waals surface area contributed by atoms with E-state index in [0.29, 0.717) is 41.7 Å². The van der Waals surface area contributed by atoms with Crippen LogP contribution < -0.4 is 16.0 Å². The highest BCUT2D eigenvalue weighted by Gasteiger charge is 2.35. The summed E-state index contributed by atoms with van der Waals surface area (Å²) in [7, 11) is 1.88. The van der Waals surface area contributed by atoms with Crippen LogP contribution in [0.5, 0.6) is 0 Å². The van der Waals surface area contributed by atoms with Crippen LogP contribution in [-0.4, -0.2) is 49.2 Å². The third-order valence-electron chi connectivity index (χ3n) is 5.62. The molecule has 0 saturated heterocycles. The first-order valence-electron chi connectivity index (χ1n) is 11.8. The molecule has 0 aliphatic carbocycles. The van der Waals surface area contributed by atoms with Gasteiger partial charge in [-0.15, -0.1) is 10.2 Å². The van der Waals surface area contributed by atoms with E-state index < -0.39 is 17.8 Å². The number of carbonyl (C=O) groups excluding carboxylic acids is 1. The Morgan fingerprint density at radius 3 is 2.66 bits per heavy atom. The zero-order valence-corrected chi connectivity index (χ0v) is 20.5. The summed E-state index contributed by atoms with van der Waals surface area (Å²) in [5.74, 6) is 0.801. The minimum Gasteiger partial charge on any atom is -0.378 e. The summed E-state index contributed by atoms with van der Waals surface area (Å²) < 4.78 is 41.5. The molecule has 0 aliphatic heterocycles. The topological polar surface area (TPSA) is 123 Å². The normalized spacial score (nSPS) is 11.4. The van der Waals surface area contributed by atoms with Crippen LogP contribution in [0, 0.1) is 0 Å². The lowest BCUT2D eigenvalue weighted by molar-refractivity contribution is -0.141. The van der Waals surface area contributed by atoms with Gasteiger partial charge in [0.1, 0.15) is 17.7 Å². The van der Waals surface area contributed by atoms with E-state index in [4.69, 9.17) is 0 Å². The number of alkyl halides is 3. The summed E-state index contributed by atoms with van der Waals surface area (Å²) in [5.41, 5.74) is 0.466. The molecule has 0 radical (unpaired) electrons. The fourth-order valence-electron chi connectivity index (χ4n) is 3.79. The molecule has 1 amide bonds. The molecule has 1 aromatic carbocycles. The Hall–Kier alpha value is -4.39.